The number of aliphatic hydroxyl groups is 1. The lowest BCUT2D eigenvalue weighted by Gasteiger charge is -2.10. The molecule has 0 aliphatic rings. The molecule has 3 nitrogen and oxygen atoms in total. The van der Waals surface area contributed by atoms with Crippen molar-refractivity contribution < 1.29 is 10.3 Å². The zero-order valence-corrected chi connectivity index (χ0v) is 7.06. The topological polar surface area (TPSA) is 52.5 Å². The van der Waals surface area contributed by atoms with Crippen LogP contribution in [-0.4, -0.2) is 16.9 Å². The molecule has 4 heteroatoms. The molecule has 11 heavy (non-hydrogen) atoms. The number of aryl methyl sites for hydroxylation is 1. The molecule has 0 aliphatic carbocycles. The fourth-order valence-corrected chi connectivity index (χ4v) is 1.89. The third-order valence-corrected chi connectivity index (χ3v) is 2.69. The average Bonchev–Trinajstić information content (AvgIpc) is 2.40. The molecule has 0 bridgehead atoms. The monoisotopic (exact) mass is 173 g/mol. The van der Waals surface area contributed by atoms with Crippen molar-refractivity contribution in [1.29, 1.82) is 0 Å². The zero-order chi connectivity index (χ0) is 8.27. The fourth-order valence-electron chi connectivity index (χ4n) is 0.924. The maximum atomic E-state index is 8.81. The van der Waals surface area contributed by atoms with Crippen LogP contribution in [0, 0.1) is 6.92 Å². The minimum atomic E-state index is -0.338. The smallest absolute Gasteiger partial charge is 0.0894 e. The molecule has 1 rings (SSSR count). The van der Waals surface area contributed by atoms with Crippen LogP contribution in [0.2, 0.25) is 0 Å². The summed E-state index contributed by atoms with van der Waals surface area (Å²) in [4.78, 5) is 0.981. The molecule has 0 fully saturated rings. The standard InChI is InChI=1S/C7H11NO2S/c1-5-2-3-11-7(5)6(4-9)8-10/h2-3,6,8-10H,4H2,1H3/t6-/m0/s1. The van der Waals surface area contributed by atoms with Crippen LogP contribution in [0.3, 0.4) is 0 Å². The minimum absolute atomic E-state index is 0.0855. The summed E-state index contributed by atoms with van der Waals surface area (Å²) >= 11 is 1.52. The van der Waals surface area contributed by atoms with Crippen molar-refractivity contribution in [1.82, 2.24) is 5.48 Å². The molecule has 1 atom stereocenters. The van der Waals surface area contributed by atoms with Crippen molar-refractivity contribution >= 4 is 11.3 Å². The lowest BCUT2D eigenvalue weighted by Crippen LogP contribution is -2.20. The predicted molar refractivity (Wildman–Crippen MR) is 43.8 cm³/mol. The van der Waals surface area contributed by atoms with E-state index in [1.807, 2.05) is 18.4 Å². The molecule has 1 aromatic rings. The van der Waals surface area contributed by atoms with Crippen LogP contribution in [0.1, 0.15) is 16.5 Å². The highest BCUT2D eigenvalue weighted by atomic mass is 32.1. The molecule has 1 heterocycles. The van der Waals surface area contributed by atoms with Crippen LogP contribution >= 0.6 is 11.3 Å². The summed E-state index contributed by atoms with van der Waals surface area (Å²) in [5.41, 5.74) is 3.15. The van der Waals surface area contributed by atoms with Gasteiger partial charge in [0.1, 0.15) is 0 Å². The van der Waals surface area contributed by atoms with Crippen LogP contribution in [0.15, 0.2) is 11.4 Å². The maximum Gasteiger partial charge on any atom is 0.0894 e. The summed E-state index contributed by atoms with van der Waals surface area (Å²) in [6.45, 7) is 1.86. The highest BCUT2D eigenvalue weighted by molar-refractivity contribution is 7.10. The van der Waals surface area contributed by atoms with E-state index in [4.69, 9.17) is 10.3 Å². The highest BCUT2D eigenvalue weighted by Crippen LogP contribution is 2.22. The van der Waals surface area contributed by atoms with Crippen molar-refractivity contribution in [3.8, 4) is 0 Å². The second-order valence-corrected chi connectivity index (χ2v) is 3.28. The van der Waals surface area contributed by atoms with Gasteiger partial charge in [-0.05, 0) is 23.9 Å². The summed E-state index contributed by atoms with van der Waals surface area (Å²) in [7, 11) is 0. The molecule has 0 aromatic carbocycles. The van der Waals surface area contributed by atoms with Gasteiger partial charge >= 0.3 is 0 Å². The Labute approximate surface area is 69.3 Å². The van der Waals surface area contributed by atoms with Crippen LogP contribution in [0.5, 0.6) is 0 Å². The van der Waals surface area contributed by atoms with Gasteiger partial charge < -0.3 is 10.3 Å². The van der Waals surface area contributed by atoms with Crippen molar-refractivity contribution in [2.45, 2.75) is 13.0 Å². The molecule has 0 spiro atoms. The lowest BCUT2D eigenvalue weighted by molar-refractivity contribution is 0.0919. The molecule has 62 valence electrons. The molecule has 0 saturated carbocycles. The SMILES string of the molecule is Cc1ccsc1[C@H](CO)NO. The van der Waals surface area contributed by atoms with Gasteiger partial charge in [0.15, 0.2) is 0 Å². The Kier molecular flexibility index (Phi) is 3.02. The number of hydrogen-bond donors (Lipinski definition) is 3. The van der Waals surface area contributed by atoms with Gasteiger partial charge in [-0.25, -0.2) is 0 Å². The zero-order valence-electron chi connectivity index (χ0n) is 6.24. The van der Waals surface area contributed by atoms with Gasteiger partial charge in [-0.3, -0.25) is 0 Å². The average molecular weight is 173 g/mol. The molecule has 0 radical (unpaired) electrons. The van der Waals surface area contributed by atoms with E-state index in [0.717, 1.165) is 10.4 Å². The van der Waals surface area contributed by atoms with Gasteiger partial charge in [-0.2, -0.15) is 5.48 Å². The van der Waals surface area contributed by atoms with Gasteiger partial charge in [-0.1, -0.05) is 0 Å². The number of aliphatic hydroxyl groups excluding tert-OH is 1. The van der Waals surface area contributed by atoms with E-state index >= 15 is 0 Å². The van der Waals surface area contributed by atoms with Crippen LogP contribution in [0.4, 0.5) is 0 Å². The largest absolute Gasteiger partial charge is 0.394 e. The van der Waals surface area contributed by atoms with Crippen molar-refractivity contribution in [2.75, 3.05) is 6.61 Å². The van der Waals surface area contributed by atoms with Gasteiger partial charge in [0.25, 0.3) is 0 Å². The first-order valence-corrected chi connectivity index (χ1v) is 4.22. The van der Waals surface area contributed by atoms with Crippen molar-refractivity contribution in [3.05, 3.63) is 21.9 Å². The first kappa shape index (κ1) is 8.67. The molecule has 3 N–H and O–H groups in total. The Hall–Kier alpha value is -0.420. The Morgan fingerprint density at radius 1 is 1.73 bits per heavy atom. The van der Waals surface area contributed by atoms with Gasteiger partial charge in [0.2, 0.25) is 0 Å². The predicted octanol–water partition coefficient (Wildman–Crippen LogP) is 1.07. The summed E-state index contributed by atoms with van der Waals surface area (Å²) in [5.74, 6) is 0. The van der Waals surface area contributed by atoms with Gasteiger partial charge in [0, 0.05) is 4.88 Å². The number of nitrogens with one attached hydrogen (secondary N) is 1. The molecule has 0 saturated heterocycles. The molecule has 0 aliphatic heterocycles. The van der Waals surface area contributed by atoms with Crippen LogP contribution < -0.4 is 5.48 Å². The minimum Gasteiger partial charge on any atom is -0.394 e. The molecular weight excluding hydrogens is 162 g/mol. The summed E-state index contributed by atoms with van der Waals surface area (Å²) in [6, 6.07) is 1.62. The van der Waals surface area contributed by atoms with E-state index in [-0.39, 0.29) is 12.6 Å². The summed E-state index contributed by atoms with van der Waals surface area (Å²) < 4.78 is 0. The maximum absolute atomic E-state index is 8.81. The third kappa shape index (κ3) is 1.78. The first-order valence-electron chi connectivity index (χ1n) is 3.34. The Bertz CT molecular complexity index is 220. The lowest BCUT2D eigenvalue weighted by atomic mass is 10.2. The molecule has 0 amide bonds. The van der Waals surface area contributed by atoms with E-state index in [2.05, 4.69) is 5.48 Å². The van der Waals surface area contributed by atoms with Crippen molar-refractivity contribution in [2.24, 2.45) is 0 Å². The van der Waals surface area contributed by atoms with Gasteiger partial charge in [-0.15, -0.1) is 11.3 Å². The van der Waals surface area contributed by atoms with E-state index < -0.39 is 0 Å². The summed E-state index contributed by atoms with van der Waals surface area (Å²) in [6.07, 6.45) is 0. The molecule has 0 unspecified atom stereocenters. The van der Waals surface area contributed by atoms with E-state index in [1.54, 1.807) is 0 Å². The second kappa shape index (κ2) is 3.82. The molecule has 1 aromatic heterocycles. The number of rotatable bonds is 3. The van der Waals surface area contributed by atoms with Crippen LogP contribution in [-0.2, 0) is 0 Å². The Morgan fingerprint density at radius 3 is 2.82 bits per heavy atom. The highest BCUT2D eigenvalue weighted by Gasteiger charge is 2.11. The molecular formula is C7H11NO2S. The van der Waals surface area contributed by atoms with E-state index in [9.17, 15) is 0 Å². The van der Waals surface area contributed by atoms with Crippen LogP contribution in [0.25, 0.3) is 0 Å². The second-order valence-electron chi connectivity index (χ2n) is 2.33. The number of thiophene rings is 1. The quantitative estimate of drug-likeness (QED) is 0.599. The van der Waals surface area contributed by atoms with E-state index in [0.29, 0.717) is 0 Å². The Balaban J connectivity index is 2.81. The summed E-state index contributed by atoms with van der Waals surface area (Å²) in [5, 5.41) is 19.4. The third-order valence-electron chi connectivity index (χ3n) is 1.56. The van der Waals surface area contributed by atoms with E-state index in [1.165, 1.54) is 11.3 Å². The Morgan fingerprint density at radius 2 is 2.45 bits per heavy atom. The number of hydroxylamine groups is 1. The van der Waals surface area contributed by atoms with Gasteiger partial charge in [0.05, 0.1) is 12.6 Å². The first-order chi connectivity index (χ1) is 5.29. The fraction of sp³-hybridized carbons (Fsp3) is 0.429. The number of hydrogen-bond acceptors (Lipinski definition) is 4. The van der Waals surface area contributed by atoms with Crippen molar-refractivity contribution in [3.63, 3.8) is 0 Å². The normalized spacial score (nSPS) is 13.4.